The van der Waals surface area contributed by atoms with Gasteiger partial charge in [0, 0.05) is 12.6 Å². The summed E-state index contributed by atoms with van der Waals surface area (Å²) < 4.78 is 0. The van der Waals surface area contributed by atoms with Crippen molar-refractivity contribution >= 4 is 5.91 Å². The van der Waals surface area contributed by atoms with Gasteiger partial charge in [0.1, 0.15) is 0 Å². The predicted octanol–water partition coefficient (Wildman–Crippen LogP) is 1.55. The topological polar surface area (TPSA) is 32.3 Å². The van der Waals surface area contributed by atoms with Crippen molar-refractivity contribution in [3.05, 3.63) is 12.2 Å². The molecule has 1 aliphatic heterocycles. The Bertz CT molecular complexity index is 220. The molecule has 0 aliphatic carbocycles. The van der Waals surface area contributed by atoms with Crippen molar-refractivity contribution in [1.82, 2.24) is 10.2 Å². The fourth-order valence-corrected chi connectivity index (χ4v) is 2.02. The van der Waals surface area contributed by atoms with Crippen LogP contribution in [0.4, 0.5) is 0 Å². The van der Waals surface area contributed by atoms with E-state index in [0.717, 1.165) is 6.54 Å². The van der Waals surface area contributed by atoms with Crippen LogP contribution in [0.25, 0.3) is 0 Å². The Morgan fingerprint density at radius 1 is 1.40 bits per heavy atom. The summed E-state index contributed by atoms with van der Waals surface area (Å²) in [6.07, 6.45) is 7.30. The lowest BCUT2D eigenvalue weighted by atomic mass is 10.1. The van der Waals surface area contributed by atoms with Gasteiger partial charge >= 0.3 is 0 Å². The Kier molecular flexibility index (Phi) is 5.40. The molecular formula is C12H22N2O. The lowest BCUT2D eigenvalue weighted by molar-refractivity contribution is -0.117. The first kappa shape index (κ1) is 12.2. The molecule has 1 heterocycles. The zero-order chi connectivity index (χ0) is 11.1. The molecule has 0 aromatic rings. The fourth-order valence-electron chi connectivity index (χ4n) is 2.02. The Labute approximate surface area is 92.5 Å². The van der Waals surface area contributed by atoms with E-state index in [4.69, 9.17) is 0 Å². The number of hydrogen-bond donors (Lipinski definition) is 1. The van der Waals surface area contributed by atoms with Gasteiger partial charge in [-0.15, -0.1) is 0 Å². The van der Waals surface area contributed by atoms with Gasteiger partial charge in [-0.25, -0.2) is 0 Å². The van der Waals surface area contributed by atoms with E-state index in [1.165, 1.54) is 32.4 Å². The van der Waals surface area contributed by atoms with E-state index in [-0.39, 0.29) is 11.9 Å². The van der Waals surface area contributed by atoms with Crippen LogP contribution >= 0.6 is 0 Å². The second kappa shape index (κ2) is 6.62. The molecule has 1 atom stereocenters. The Balaban J connectivity index is 2.22. The highest BCUT2D eigenvalue weighted by Crippen LogP contribution is 2.08. The number of allylic oxidation sites excluding steroid dienone is 1. The van der Waals surface area contributed by atoms with Gasteiger partial charge in [0.15, 0.2) is 0 Å². The van der Waals surface area contributed by atoms with E-state index < -0.39 is 0 Å². The lowest BCUT2D eigenvalue weighted by Crippen LogP contribution is -2.43. The number of carbonyl (C=O) groups is 1. The second-order valence-electron chi connectivity index (χ2n) is 4.27. The summed E-state index contributed by atoms with van der Waals surface area (Å²) in [6.45, 7) is 7.27. The van der Waals surface area contributed by atoms with E-state index >= 15 is 0 Å². The monoisotopic (exact) mass is 210 g/mol. The van der Waals surface area contributed by atoms with E-state index in [1.807, 2.05) is 6.92 Å². The second-order valence-corrected chi connectivity index (χ2v) is 4.27. The van der Waals surface area contributed by atoms with Gasteiger partial charge in [0.2, 0.25) is 5.91 Å². The molecule has 1 fully saturated rings. The maximum atomic E-state index is 11.3. The lowest BCUT2D eigenvalue weighted by Gasteiger charge is -2.29. The van der Waals surface area contributed by atoms with Crippen LogP contribution in [0, 0.1) is 0 Å². The van der Waals surface area contributed by atoms with Gasteiger partial charge in [0.05, 0.1) is 0 Å². The van der Waals surface area contributed by atoms with Crippen LogP contribution in [-0.4, -0.2) is 36.5 Å². The highest BCUT2D eigenvalue weighted by atomic mass is 16.1. The number of hydrogen-bond acceptors (Lipinski definition) is 2. The molecule has 1 aliphatic rings. The summed E-state index contributed by atoms with van der Waals surface area (Å²) in [6, 6.07) is 0.242. The number of likely N-dealkylation sites (tertiary alicyclic amines) is 1. The van der Waals surface area contributed by atoms with Crippen LogP contribution in [0.15, 0.2) is 12.2 Å². The molecule has 3 nitrogen and oxygen atoms in total. The Hall–Kier alpha value is -0.830. The van der Waals surface area contributed by atoms with Crippen LogP contribution < -0.4 is 5.32 Å². The normalized spacial score (nSPS) is 20.4. The maximum Gasteiger partial charge on any atom is 0.243 e. The van der Waals surface area contributed by atoms with Crippen LogP contribution in [0.1, 0.15) is 33.1 Å². The summed E-state index contributed by atoms with van der Waals surface area (Å²) >= 11 is 0. The third-order valence-electron chi connectivity index (χ3n) is 2.69. The number of nitrogens with zero attached hydrogens (tertiary/aromatic N) is 1. The average Bonchev–Trinajstić information content (AvgIpc) is 2.19. The first-order chi connectivity index (χ1) is 7.22. The minimum atomic E-state index is 0.0157. The first-order valence-electron chi connectivity index (χ1n) is 5.88. The van der Waals surface area contributed by atoms with Crippen molar-refractivity contribution in [2.75, 3.05) is 19.6 Å². The van der Waals surface area contributed by atoms with Crippen LogP contribution in [0.2, 0.25) is 0 Å². The molecule has 0 bridgehead atoms. The van der Waals surface area contributed by atoms with Gasteiger partial charge < -0.3 is 10.2 Å². The van der Waals surface area contributed by atoms with Crippen LogP contribution in [0.3, 0.4) is 0 Å². The van der Waals surface area contributed by atoms with E-state index in [2.05, 4.69) is 17.1 Å². The first-order valence-corrected chi connectivity index (χ1v) is 5.88. The van der Waals surface area contributed by atoms with Gasteiger partial charge in [-0.2, -0.15) is 0 Å². The maximum absolute atomic E-state index is 11.3. The molecule has 0 radical (unpaired) electrons. The SMILES string of the molecule is CC=CC(=O)NC(C)CN1CCCCC1. The Morgan fingerprint density at radius 2 is 2.07 bits per heavy atom. The van der Waals surface area contributed by atoms with Crippen molar-refractivity contribution < 1.29 is 4.79 Å². The molecule has 86 valence electrons. The standard InChI is InChI=1S/C12H22N2O/c1-3-7-12(15)13-11(2)10-14-8-5-4-6-9-14/h3,7,11H,4-6,8-10H2,1-2H3,(H,13,15). The fraction of sp³-hybridized carbons (Fsp3) is 0.750. The summed E-state index contributed by atoms with van der Waals surface area (Å²) in [5.41, 5.74) is 0. The van der Waals surface area contributed by atoms with Crippen molar-refractivity contribution in [3.8, 4) is 0 Å². The van der Waals surface area contributed by atoms with E-state index in [1.54, 1.807) is 12.2 Å². The quantitative estimate of drug-likeness (QED) is 0.714. The zero-order valence-corrected chi connectivity index (χ0v) is 9.83. The molecule has 1 saturated heterocycles. The highest BCUT2D eigenvalue weighted by molar-refractivity contribution is 5.87. The van der Waals surface area contributed by atoms with Crippen LogP contribution in [0.5, 0.6) is 0 Å². The molecule has 1 amide bonds. The minimum absolute atomic E-state index is 0.0157. The third-order valence-corrected chi connectivity index (χ3v) is 2.69. The summed E-state index contributed by atoms with van der Waals surface area (Å²) in [7, 11) is 0. The van der Waals surface area contributed by atoms with Crippen LogP contribution in [-0.2, 0) is 4.79 Å². The molecule has 0 spiro atoms. The summed E-state index contributed by atoms with van der Waals surface area (Å²) in [5.74, 6) is 0.0157. The predicted molar refractivity (Wildman–Crippen MR) is 62.7 cm³/mol. The summed E-state index contributed by atoms with van der Waals surface area (Å²) in [4.78, 5) is 13.7. The minimum Gasteiger partial charge on any atom is -0.349 e. The number of rotatable bonds is 4. The molecule has 0 saturated carbocycles. The zero-order valence-electron chi connectivity index (χ0n) is 9.83. The van der Waals surface area contributed by atoms with Crippen molar-refractivity contribution in [2.24, 2.45) is 0 Å². The largest absolute Gasteiger partial charge is 0.349 e. The van der Waals surface area contributed by atoms with Gasteiger partial charge in [-0.05, 0) is 45.9 Å². The number of carbonyl (C=O) groups excluding carboxylic acids is 1. The molecule has 15 heavy (non-hydrogen) atoms. The summed E-state index contributed by atoms with van der Waals surface area (Å²) in [5, 5.41) is 2.96. The molecule has 3 heteroatoms. The van der Waals surface area contributed by atoms with E-state index in [9.17, 15) is 4.79 Å². The molecular weight excluding hydrogens is 188 g/mol. The molecule has 1 N–H and O–H groups in total. The molecule has 0 aromatic carbocycles. The molecule has 1 rings (SSSR count). The smallest absolute Gasteiger partial charge is 0.243 e. The number of piperidine rings is 1. The average molecular weight is 210 g/mol. The highest BCUT2D eigenvalue weighted by Gasteiger charge is 2.13. The van der Waals surface area contributed by atoms with E-state index in [0.29, 0.717) is 0 Å². The van der Waals surface area contributed by atoms with Crippen molar-refractivity contribution in [3.63, 3.8) is 0 Å². The molecule has 1 unspecified atom stereocenters. The number of nitrogens with one attached hydrogen (secondary N) is 1. The van der Waals surface area contributed by atoms with Crippen molar-refractivity contribution in [2.45, 2.75) is 39.2 Å². The molecule has 0 aromatic heterocycles. The number of amides is 1. The van der Waals surface area contributed by atoms with Gasteiger partial charge in [0.25, 0.3) is 0 Å². The Morgan fingerprint density at radius 3 is 2.67 bits per heavy atom. The third kappa shape index (κ3) is 4.98. The van der Waals surface area contributed by atoms with Gasteiger partial charge in [-0.3, -0.25) is 4.79 Å². The van der Waals surface area contributed by atoms with Crippen molar-refractivity contribution in [1.29, 1.82) is 0 Å². The van der Waals surface area contributed by atoms with Gasteiger partial charge in [-0.1, -0.05) is 12.5 Å².